The number of benzene rings is 1. The highest BCUT2D eigenvalue weighted by atomic mass is 32.2. The summed E-state index contributed by atoms with van der Waals surface area (Å²) in [6, 6.07) is 8.53. The van der Waals surface area contributed by atoms with E-state index in [1.54, 1.807) is 11.8 Å². The second kappa shape index (κ2) is 5.95. The zero-order valence-electron chi connectivity index (χ0n) is 11.2. The lowest BCUT2D eigenvalue weighted by Crippen LogP contribution is -2.08. The van der Waals surface area contributed by atoms with E-state index in [9.17, 15) is 0 Å². The molecule has 3 rings (SSSR count). The summed E-state index contributed by atoms with van der Waals surface area (Å²) < 4.78 is 2.19. The van der Waals surface area contributed by atoms with Crippen molar-refractivity contribution in [1.29, 1.82) is 0 Å². The number of thioether (sulfide) groups is 1. The van der Waals surface area contributed by atoms with Crippen molar-refractivity contribution in [3.05, 3.63) is 41.2 Å². The van der Waals surface area contributed by atoms with E-state index in [4.69, 9.17) is 10.8 Å². The Morgan fingerprint density at radius 1 is 1.20 bits per heavy atom. The molecule has 1 aromatic carbocycles. The predicted molar refractivity (Wildman–Crippen MR) is 78.1 cm³/mol. The van der Waals surface area contributed by atoms with Crippen molar-refractivity contribution < 1.29 is 5.11 Å². The summed E-state index contributed by atoms with van der Waals surface area (Å²) in [6.45, 7) is 0.526. The number of aliphatic hydroxyl groups excluding tert-OH is 1. The molecule has 1 fully saturated rings. The van der Waals surface area contributed by atoms with Crippen LogP contribution in [0.25, 0.3) is 0 Å². The summed E-state index contributed by atoms with van der Waals surface area (Å²) in [5.74, 6) is 1.73. The summed E-state index contributed by atoms with van der Waals surface area (Å²) in [4.78, 5) is 0. The maximum Gasteiger partial charge on any atom is 0.191 e. The van der Waals surface area contributed by atoms with Gasteiger partial charge in [-0.3, -0.25) is 0 Å². The molecule has 0 atom stereocenters. The van der Waals surface area contributed by atoms with E-state index < -0.39 is 0 Å². The molecule has 20 heavy (non-hydrogen) atoms. The number of aliphatic hydroxyl groups is 1. The number of aromatic nitrogens is 3. The standard InChI is InChI=1S/C14H18N4OS/c15-7-13-16-17-14(18(13)12-5-6-12)20-9-11-3-1-10(8-19)2-4-11/h1-4,12,19H,5-9,15H2. The van der Waals surface area contributed by atoms with E-state index in [-0.39, 0.29) is 6.61 Å². The Morgan fingerprint density at radius 2 is 1.90 bits per heavy atom. The predicted octanol–water partition coefficient (Wildman–Crippen LogP) is 1.86. The summed E-state index contributed by atoms with van der Waals surface area (Å²) in [6.07, 6.45) is 2.40. The molecule has 1 aliphatic rings. The lowest BCUT2D eigenvalue weighted by atomic mass is 10.2. The minimum absolute atomic E-state index is 0.0866. The van der Waals surface area contributed by atoms with E-state index in [0.29, 0.717) is 12.6 Å². The van der Waals surface area contributed by atoms with Gasteiger partial charge in [0.1, 0.15) is 5.82 Å². The molecule has 0 saturated heterocycles. The van der Waals surface area contributed by atoms with E-state index in [1.165, 1.54) is 18.4 Å². The Kier molecular flexibility index (Phi) is 4.05. The molecule has 0 unspecified atom stereocenters. The number of hydrogen-bond acceptors (Lipinski definition) is 5. The Balaban J connectivity index is 1.69. The molecule has 1 heterocycles. The Bertz CT molecular complexity index is 577. The lowest BCUT2D eigenvalue weighted by Gasteiger charge is -2.07. The van der Waals surface area contributed by atoms with Gasteiger partial charge in [0.25, 0.3) is 0 Å². The quantitative estimate of drug-likeness (QED) is 0.794. The highest BCUT2D eigenvalue weighted by Gasteiger charge is 2.29. The first-order valence-electron chi connectivity index (χ1n) is 6.77. The molecule has 0 radical (unpaired) electrons. The minimum atomic E-state index is 0.0866. The van der Waals surface area contributed by atoms with Crippen LogP contribution in [0.3, 0.4) is 0 Å². The van der Waals surface area contributed by atoms with Gasteiger partial charge in [-0.2, -0.15) is 0 Å². The largest absolute Gasteiger partial charge is 0.392 e. The second-order valence-corrected chi connectivity index (χ2v) is 5.91. The molecule has 0 bridgehead atoms. The number of rotatable bonds is 6. The number of nitrogens with zero attached hydrogens (tertiary/aromatic N) is 3. The smallest absolute Gasteiger partial charge is 0.191 e. The van der Waals surface area contributed by atoms with Crippen LogP contribution in [0.5, 0.6) is 0 Å². The maximum absolute atomic E-state index is 9.03. The molecule has 6 heteroatoms. The van der Waals surface area contributed by atoms with Crippen LogP contribution < -0.4 is 5.73 Å². The second-order valence-electron chi connectivity index (χ2n) is 4.97. The van der Waals surface area contributed by atoms with Crippen molar-refractivity contribution in [2.75, 3.05) is 0 Å². The highest BCUT2D eigenvalue weighted by Crippen LogP contribution is 2.39. The molecule has 5 nitrogen and oxygen atoms in total. The lowest BCUT2D eigenvalue weighted by molar-refractivity contribution is 0.282. The van der Waals surface area contributed by atoms with Crippen molar-refractivity contribution in [3.8, 4) is 0 Å². The van der Waals surface area contributed by atoms with Crippen molar-refractivity contribution in [2.45, 2.75) is 42.9 Å². The van der Waals surface area contributed by atoms with Gasteiger partial charge in [-0.05, 0) is 24.0 Å². The van der Waals surface area contributed by atoms with Crippen LogP contribution in [-0.4, -0.2) is 19.9 Å². The van der Waals surface area contributed by atoms with Gasteiger partial charge in [0, 0.05) is 11.8 Å². The van der Waals surface area contributed by atoms with Crippen LogP contribution in [0, 0.1) is 0 Å². The topological polar surface area (TPSA) is 77.0 Å². The van der Waals surface area contributed by atoms with E-state index >= 15 is 0 Å². The first-order chi connectivity index (χ1) is 9.81. The molecule has 1 aromatic heterocycles. The first kappa shape index (κ1) is 13.6. The van der Waals surface area contributed by atoms with Crippen molar-refractivity contribution in [1.82, 2.24) is 14.8 Å². The van der Waals surface area contributed by atoms with Crippen LogP contribution in [0.2, 0.25) is 0 Å². The molecule has 0 spiro atoms. The molecule has 2 aromatic rings. The van der Waals surface area contributed by atoms with Crippen LogP contribution >= 0.6 is 11.8 Å². The molecule has 106 valence electrons. The van der Waals surface area contributed by atoms with Gasteiger partial charge in [-0.25, -0.2) is 0 Å². The fourth-order valence-corrected chi connectivity index (χ4v) is 3.11. The third-order valence-corrected chi connectivity index (χ3v) is 4.42. The fraction of sp³-hybridized carbons (Fsp3) is 0.429. The molecule has 0 aliphatic heterocycles. The molecular formula is C14H18N4OS. The van der Waals surface area contributed by atoms with Crippen molar-refractivity contribution >= 4 is 11.8 Å². The van der Waals surface area contributed by atoms with E-state index in [2.05, 4.69) is 14.8 Å². The molecule has 0 amide bonds. The minimum Gasteiger partial charge on any atom is -0.392 e. The maximum atomic E-state index is 9.03. The summed E-state index contributed by atoms with van der Waals surface area (Å²) >= 11 is 1.69. The van der Waals surface area contributed by atoms with Crippen LogP contribution in [0.4, 0.5) is 0 Å². The van der Waals surface area contributed by atoms with Crippen molar-refractivity contribution in [2.24, 2.45) is 5.73 Å². The average molecular weight is 290 g/mol. The molecular weight excluding hydrogens is 272 g/mol. The van der Waals surface area contributed by atoms with Crippen LogP contribution in [0.1, 0.15) is 35.8 Å². The third kappa shape index (κ3) is 2.87. The van der Waals surface area contributed by atoms with Gasteiger partial charge in [0.05, 0.1) is 13.2 Å². The van der Waals surface area contributed by atoms with Gasteiger partial charge >= 0.3 is 0 Å². The summed E-state index contributed by atoms with van der Waals surface area (Å²) in [7, 11) is 0. The number of nitrogens with two attached hydrogens (primary N) is 1. The van der Waals surface area contributed by atoms with Crippen molar-refractivity contribution in [3.63, 3.8) is 0 Å². The van der Waals surface area contributed by atoms with Crippen LogP contribution in [-0.2, 0) is 18.9 Å². The summed E-state index contributed by atoms with van der Waals surface area (Å²) in [5.41, 5.74) is 7.86. The van der Waals surface area contributed by atoms with Gasteiger partial charge in [0.15, 0.2) is 5.16 Å². The van der Waals surface area contributed by atoms with Gasteiger partial charge in [-0.1, -0.05) is 36.0 Å². The normalized spacial score (nSPS) is 14.7. The van der Waals surface area contributed by atoms with E-state index in [0.717, 1.165) is 22.3 Å². The zero-order valence-corrected chi connectivity index (χ0v) is 12.0. The molecule has 1 saturated carbocycles. The van der Waals surface area contributed by atoms with Gasteiger partial charge in [0.2, 0.25) is 0 Å². The SMILES string of the molecule is NCc1nnc(SCc2ccc(CO)cc2)n1C1CC1. The van der Waals surface area contributed by atoms with Gasteiger partial charge < -0.3 is 15.4 Å². The van der Waals surface area contributed by atoms with Crippen LogP contribution in [0.15, 0.2) is 29.4 Å². The Labute approximate surface area is 122 Å². The first-order valence-corrected chi connectivity index (χ1v) is 7.75. The Hall–Kier alpha value is -1.37. The van der Waals surface area contributed by atoms with E-state index in [1.807, 2.05) is 24.3 Å². The third-order valence-electron chi connectivity index (χ3n) is 3.40. The monoisotopic (exact) mass is 290 g/mol. The molecule has 3 N–H and O–H groups in total. The zero-order chi connectivity index (χ0) is 13.9. The Morgan fingerprint density at radius 3 is 2.50 bits per heavy atom. The highest BCUT2D eigenvalue weighted by molar-refractivity contribution is 7.98. The molecule has 1 aliphatic carbocycles. The fourth-order valence-electron chi connectivity index (χ4n) is 2.13. The summed E-state index contributed by atoms with van der Waals surface area (Å²) in [5, 5.41) is 18.4. The van der Waals surface area contributed by atoms with Gasteiger partial charge in [-0.15, -0.1) is 10.2 Å². The average Bonchev–Trinajstić information content (AvgIpc) is 3.25. The number of hydrogen-bond donors (Lipinski definition) is 2.